The number of allylic oxidation sites excluding steroid dienone is 1. The van der Waals surface area contributed by atoms with Crippen LogP contribution >= 0.6 is 0 Å². The van der Waals surface area contributed by atoms with Crippen LogP contribution in [-0.4, -0.2) is 17.0 Å². The van der Waals surface area contributed by atoms with Gasteiger partial charge in [0.2, 0.25) is 0 Å². The molecule has 0 amide bonds. The van der Waals surface area contributed by atoms with Gasteiger partial charge in [0.05, 0.1) is 12.0 Å². The lowest BCUT2D eigenvalue weighted by Crippen LogP contribution is -2.44. The number of nitrogens with zero attached hydrogens (tertiary/aromatic N) is 1. The molecule has 1 unspecified atom stereocenters. The van der Waals surface area contributed by atoms with E-state index in [2.05, 4.69) is 19.9 Å². The number of hydrogen-bond acceptors (Lipinski definition) is 3. The molecular formula is C15H21NO2. The Bertz CT molecular complexity index is 432. The molecule has 1 saturated carbocycles. The van der Waals surface area contributed by atoms with Crippen molar-refractivity contribution in [2.45, 2.75) is 46.1 Å². The summed E-state index contributed by atoms with van der Waals surface area (Å²) >= 11 is 0. The standard InChI is InChI=1S/C15H21NO2/c1-9(2)10-4-11-6-13(17)14(18)7-15(11,3)12(5-10)8-16/h6,9-10,12,14,18H,4-5,7H2,1-3H3/t10-,12-,14?,15+/m0/s1. The number of aliphatic hydroxyl groups is 1. The Labute approximate surface area is 108 Å². The van der Waals surface area contributed by atoms with Crippen LogP contribution in [0.5, 0.6) is 0 Å². The van der Waals surface area contributed by atoms with Crippen LogP contribution in [0.2, 0.25) is 0 Å². The van der Waals surface area contributed by atoms with Crippen LogP contribution in [0, 0.1) is 34.5 Å². The lowest BCUT2D eigenvalue weighted by atomic mass is 9.56. The topological polar surface area (TPSA) is 61.1 Å². The highest BCUT2D eigenvalue weighted by molar-refractivity contribution is 5.95. The van der Waals surface area contributed by atoms with E-state index in [0.717, 1.165) is 18.4 Å². The molecule has 4 atom stereocenters. The molecule has 0 aromatic rings. The van der Waals surface area contributed by atoms with Gasteiger partial charge in [-0.15, -0.1) is 0 Å². The Kier molecular flexibility index (Phi) is 3.33. The van der Waals surface area contributed by atoms with Gasteiger partial charge in [0.25, 0.3) is 0 Å². The van der Waals surface area contributed by atoms with Gasteiger partial charge >= 0.3 is 0 Å². The zero-order valence-electron chi connectivity index (χ0n) is 11.3. The first-order chi connectivity index (χ1) is 8.38. The summed E-state index contributed by atoms with van der Waals surface area (Å²) < 4.78 is 0. The van der Waals surface area contributed by atoms with E-state index in [1.807, 2.05) is 6.92 Å². The minimum Gasteiger partial charge on any atom is -0.385 e. The summed E-state index contributed by atoms with van der Waals surface area (Å²) in [6.45, 7) is 6.36. The molecule has 0 aromatic heterocycles. The second kappa shape index (κ2) is 4.51. The molecule has 2 aliphatic rings. The molecule has 0 radical (unpaired) electrons. The maximum atomic E-state index is 11.7. The summed E-state index contributed by atoms with van der Waals surface area (Å²) in [7, 11) is 0. The van der Waals surface area contributed by atoms with Crippen molar-refractivity contribution in [1.82, 2.24) is 0 Å². The monoisotopic (exact) mass is 247 g/mol. The molecule has 2 aliphatic carbocycles. The minimum absolute atomic E-state index is 0.0901. The van der Waals surface area contributed by atoms with Crippen molar-refractivity contribution in [2.75, 3.05) is 0 Å². The van der Waals surface area contributed by atoms with Gasteiger partial charge in [-0.05, 0) is 37.2 Å². The third-order valence-electron chi connectivity index (χ3n) is 4.88. The Morgan fingerprint density at radius 1 is 1.56 bits per heavy atom. The van der Waals surface area contributed by atoms with Gasteiger partial charge in [0.1, 0.15) is 6.10 Å². The number of rotatable bonds is 1. The SMILES string of the molecule is CC(C)[C@H]1CC2=CC(=O)C(O)C[C@@]2(C)[C@H](C#N)C1. The molecule has 0 aromatic carbocycles. The van der Waals surface area contributed by atoms with E-state index < -0.39 is 6.10 Å². The Morgan fingerprint density at radius 3 is 2.78 bits per heavy atom. The Hall–Kier alpha value is -1.14. The van der Waals surface area contributed by atoms with Crippen LogP contribution < -0.4 is 0 Å². The van der Waals surface area contributed by atoms with E-state index in [9.17, 15) is 15.2 Å². The molecule has 18 heavy (non-hydrogen) atoms. The van der Waals surface area contributed by atoms with Gasteiger partial charge in [-0.2, -0.15) is 5.26 Å². The quantitative estimate of drug-likeness (QED) is 0.774. The van der Waals surface area contributed by atoms with E-state index in [1.165, 1.54) is 0 Å². The van der Waals surface area contributed by atoms with E-state index in [0.29, 0.717) is 18.3 Å². The van der Waals surface area contributed by atoms with Gasteiger partial charge in [0.15, 0.2) is 5.78 Å². The molecule has 0 heterocycles. The first kappa shape index (κ1) is 13.3. The third kappa shape index (κ3) is 1.99. The highest BCUT2D eigenvalue weighted by Gasteiger charge is 2.48. The second-order valence-corrected chi connectivity index (χ2v) is 6.33. The van der Waals surface area contributed by atoms with Crippen LogP contribution in [0.4, 0.5) is 0 Å². The van der Waals surface area contributed by atoms with Crippen molar-refractivity contribution in [3.8, 4) is 6.07 Å². The molecule has 0 spiro atoms. The average Bonchev–Trinajstić information content (AvgIpc) is 2.29. The van der Waals surface area contributed by atoms with Crippen molar-refractivity contribution in [2.24, 2.45) is 23.2 Å². The van der Waals surface area contributed by atoms with Crippen LogP contribution in [0.15, 0.2) is 11.6 Å². The van der Waals surface area contributed by atoms with Gasteiger partial charge in [0, 0.05) is 5.41 Å². The zero-order valence-corrected chi connectivity index (χ0v) is 11.3. The molecule has 2 rings (SSSR count). The predicted molar refractivity (Wildman–Crippen MR) is 68.5 cm³/mol. The summed E-state index contributed by atoms with van der Waals surface area (Å²) in [4.78, 5) is 11.7. The second-order valence-electron chi connectivity index (χ2n) is 6.33. The summed E-state index contributed by atoms with van der Waals surface area (Å²) in [5, 5.41) is 19.2. The minimum atomic E-state index is -0.926. The smallest absolute Gasteiger partial charge is 0.184 e. The molecule has 3 heteroatoms. The van der Waals surface area contributed by atoms with Gasteiger partial charge in [-0.1, -0.05) is 26.3 Å². The van der Waals surface area contributed by atoms with Crippen LogP contribution in [-0.2, 0) is 4.79 Å². The summed E-state index contributed by atoms with van der Waals surface area (Å²) in [6, 6.07) is 2.40. The largest absolute Gasteiger partial charge is 0.385 e. The average molecular weight is 247 g/mol. The highest BCUT2D eigenvalue weighted by atomic mass is 16.3. The van der Waals surface area contributed by atoms with Crippen molar-refractivity contribution in [3.05, 3.63) is 11.6 Å². The number of carbonyl (C=O) groups excluding carboxylic acids is 1. The van der Waals surface area contributed by atoms with Crippen molar-refractivity contribution >= 4 is 5.78 Å². The summed E-state index contributed by atoms with van der Waals surface area (Å²) in [5.74, 6) is 0.710. The fraction of sp³-hybridized carbons (Fsp3) is 0.733. The number of fused-ring (bicyclic) bond motifs is 1. The van der Waals surface area contributed by atoms with E-state index in [4.69, 9.17) is 0 Å². The van der Waals surface area contributed by atoms with Crippen molar-refractivity contribution in [3.63, 3.8) is 0 Å². The molecule has 0 aliphatic heterocycles. The van der Waals surface area contributed by atoms with Crippen LogP contribution in [0.3, 0.4) is 0 Å². The van der Waals surface area contributed by atoms with Gasteiger partial charge in [-0.25, -0.2) is 0 Å². The summed E-state index contributed by atoms with van der Waals surface area (Å²) in [5.41, 5.74) is 0.766. The van der Waals surface area contributed by atoms with E-state index >= 15 is 0 Å². The number of nitriles is 1. The number of carbonyl (C=O) groups is 1. The van der Waals surface area contributed by atoms with Crippen LogP contribution in [0.1, 0.15) is 40.0 Å². The van der Waals surface area contributed by atoms with Crippen molar-refractivity contribution < 1.29 is 9.90 Å². The molecule has 1 N–H and O–H groups in total. The van der Waals surface area contributed by atoms with Gasteiger partial charge in [-0.3, -0.25) is 4.79 Å². The first-order valence-electron chi connectivity index (χ1n) is 6.71. The predicted octanol–water partition coefficient (Wildman–Crippen LogP) is 2.46. The fourth-order valence-corrected chi connectivity index (χ4v) is 3.36. The van der Waals surface area contributed by atoms with Gasteiger partial charge < -0.3 is 5.11 Å². The lowest BCUT2D eigenvalue weighted by molar-refractivity contribution is -0.125. The Balaban J connectivity index is 2.39. The fourth-order valence-electron chi connectivity index (χ4n) is 3.36. The first-order valence-corrected chi connectivity index (χ1v) is 6.71. The molecule has 1 fully saturated rings. The molecule has 0 saturated heterocycles. The maximum absolute atomic E-state index is 11.7. The number of aliphatic hydroxyl groups excluding tert-OH is 1. The lowest BCUT2D eigenvalue weighted by Gasteiger charge is -2.47. The van der Waals surface area contributed by atoms with Crippen LogP contribution in [0.25, 0.3) is 0 Å². The van der Waals surface area contributed by atoms with E-state index in [1.54, 1.807) is 6.08 Å². The maximum Gasteiger partial charge on any atom is 0.184 e. The third-order valence-corrected chi connectivity index (χ3v) is 4.88. The zero-order chi connectivity index (χ0) is 13.5. The number of hydrogen-bond donors (Lipinski definition) is 1. The molecule has 98 valence electrons. The summed E-state index contributed by atoms with van der Waals surface area (Å²) in [6.07, 6.45) is 2.85. The number of ketones is 1. The highest BCUT2D eigenvalue weighted by Crippen LogP contribution is 2.52. The van der Waals surface area contributed by atoms with E-state index in [-0.39, 0.29) is 17.1 Å². The normalized spacial score (nSPS) is 40.1. The molecular weight excluding hydrogens is 226 g/mol. The Morgan fingerprint density at radius 2 is 2.22 bits per heavy atom. The molecule has 0 bridgehead atoms. The molecule has 3 nitrogen and oxygen atoms in total. The van der Waals surface area contributed by atoms with Crippen molar-refractivity contribution in [1.29, 1.82) is 5.26 Å².